The number of halogens is 3. The van der Waals surface area contributed by atoms with Gasteiger partial charge in [0.05, 0.1) is 6.21 Å². The highest BCUT2D eigenvalue weighted by Crippen LogP contribution is 2.20. The second kappa shape index (κ2) is 9.92. The summed E-state index contributed by atoms with van der Waals surface area (Å²) < 4.78 is 31.7. The second-order valence-electron chi connectivity index (χ2n) is 5.85. The lowest BCUT2D eigenvalue weighted by Crippen LogP contribution is -2.21. The largest absolute Gasteiger partial charge is 0.490 e. The Balaban J connectivity index is 0.000000396. The molecular weight excluding hydrogens is 401 g/mol. The zero-order valence-corrected chi connectivity index (χ0v) is 15.4. The number of amides is 2. The van der Waals surface area contributed by atoms with Gasteiger partial charge in [-0.1, -0.05) is 36.4 Å². The van der Waals surface area contributed by atoms with Crippen molar-refractivity contribution < 1.29 is 27.9 Å². The van der Waals surface area contributed by atoms with Crippen LogP contribution in [0.4, 0.5) is 29.3 Å². The van der Waals surface area contributed by atoms with E-state index in [1.165, 1.54) is 0 Å². The van der Waals surface area contributed by atoms with Crippen LogP contribution in [0, 0.1) is 0 Å². The average molecular weight is 418 g/mol. The lowest BCUT2D eigenvalue weighted by atomic mass is 10.1. The number of rotatable bonds is 3. The van der Waals surface area contributed by atoms with E-state index in [2.05, 4.69) is 15.7 Å². The van der Waals surface area contributed by atoms with Crippen molar-refractivity contribution in [2.45, 2.75) is 6.18 Å². The van der Waals surface area contributed by atoms with Gasteiger partial charge in [0.1, 0.15) is 0 Å². The van der Waals surface area contributed by atoms with Gasteiger partial charge < -0.3 is 21.6 Å². The van der Waals surface area contributed by atoms with Gasteiger partial charge in [-0.2, -0.15) is 18.3 Å². The molecule has 156 valence electrons. The highest BCUT2D eigenvalue weighted by Gasteiger charge is 2.38. The van der Waals surface area contributed by atoms with Crippen molar-refractivity contribution in [1.82, 2.24) is 0 Å². The maximum absolute atomic E-state index is 12.0. The topological polar surface area (TPSA) is 117 Å². The lowest BCUT2D eigenvalue weighted by molar-refractivity contribution is -0.192. The SMILES string of the molecule is NN=Cc1ccc2cc(NC(=O)Nc3ccccc3)ccc2c1.O=C(O)C(F)(F)F. The Hall–Kier alpha value is -4.08. The van der Waals surface area contributed by atoms with Crippen molar-refractivity contribution in [3.05, 3.63) is 72.3 Å². The standard InChI is InChI=1S/C18H16N4O.C2HF3O2/c19-20-12-13-6-7-15-11-17(9-8-14(15)10-13)22-18(23)21-16-4-2-1-3-5-16;3-2(4,5)1(6)7/h1-12H,19H2,(H2,21,22,23);(H,6,7). The molecule has 0 aliphatic rings. The smallest absolute Gasteiger partial charge is 0.475 e. The van der Waals surface area contributed by atoms with Crippen LogP contribution in [0.1, 0.15) is 5.56 Å². The number of nitrogens with zero attached hydrogens (tertiary/aromatic N) is 1. The summed E-state index contributed by atoms with van der Waals surface area (Å²) in [5.74, 6) is 2.40. The number of carbonyl (C=O) groups is 2. The van der Waals surface area contributed by atoms with Crippen molar-refractivity contribution in [1.29, 1.82) is 0 Å². The van der Waals surface area contributed by atoms with E-state index in [-0.39, 0.29) is 6.03 Å². The van der Waals surface area contributed by atoms with Gasteiger partial charge in [0, 0.05) is 11.4 Å². The third-order valence-electron chi connectivity index (χ3n) is 3.62. The molecule has 0 spiro atoms. The fourth-order valence-electron chi connectivity index (χ4n) is 2.32. The summed E-state index contributed by atoms with van der Waals surface area (Å²) in [6.07, 6.45) is -3.49. The summed E-state index contributed by atoms with van der Waals surface area (Å²) in [6, 6.07) is 20.6. The molecule has 5 N–H and O–H groups in total. The summed E-state index contributed by atoms with van der Waals surface area (Å²) in [7, 11) is 0. The molecule has 3 rings (SSSR count). The number of alkyl halides is 3. The number of urea groups is 1. The van der Waals surface area contributed by atoms with Gasteiger partial charge >= 0.3 is 18.2 Å². The Kier molecular flexibility index (Phi) is 7.34. The van der Waals surface area contributed by atoms with Crippen molar-refractivity contribution in [2.75, 3.05) is 10.6 Å². The molecule has 0 aliphatic carbocycles. The molecular formula is C20H17F3N4O3. The lowest BCUT2D eigenvalue weighted by Gasteiger charge is -2.08. The van der Waals surface area contributed by atoms with Crippen LogP contribution in [0.25, 0.3) is 10.8 Å². The molecule has 0 bridgehead atoms. The number of carboxylic acid groups (broad SMARTS) is 1. The van der Waals surface area contributed by atoms with Crippen LogP contribution in [-0.4, -0.2) is 29.5 Å². The van der Waals surface area contributed by atoms with Gasteiger partial charge in [-0.25, -0.2) is 9.59 Å². The van der Waals surface area contributed by atoms with Gasteiger partial charge in [0.15, 0.2) is 0 Å². The van der Waals surface area contributed by atoms with Crippen LogP contribution in [0.5, 0.6) is 0 Å². The van der Waals surface area contributed by atoms with Crippen LogP contribution in [0.2, 0.25) is 0 Å². The number of carboxylic acids is 1. The second-order valence-corrected chi connectivity index (χ2v) is 5.85. The Morgan fingerprint density at radius 1 is 0.900 bits per heavy atom. The predicted molar refractivity (Wildman–Crippen MR) is 109 cm³/mol. The zero-order chi connectivity index (χ0) is 22.1. The van der Waals surface area contributed by atoms with E-state index in [4.69, 9.17) is 15.7 Å². The first-order chi connectivity index (χ1) is 14.2. The number of para-hydroxylation sites is 1. The first-order valence-corrected chi connectivity index (χ1v) is 8.39. The number of benzene rings is 3. The summed E-state index contributed by atoms with van der Waals surface area (Å²) in [5, 5.41) is 18.3. The van der Waals surface area contributed by atoms with Crippen LogP contribution in [-0.2, 0) is 4.79 Å². The molecule has 0 unspecified atom stereocenters. The third kappa shape index (κ3) is 6.82. The predicted octanol–water partition coefficient (Wildman–Crippen LogP) is 4.41. The number of nitrogens with two attached hydrogens (primary N) is 1. The van der Waals surface area contributed by atoms with Crippen molar-refractivity contribution in [3.63, 3.8) is 0 Å². The van der Waals surface area contributed by atoms with E-state index in [1.807, 2.05) is 66.7 Å². The summed E-state index contributed by atoms with van der Waals surface area (Å²) in [4.78, 5) is 20.9. The molecule has 3 aromatic carbocycles. The highest BCUT2D eigenvalue weighted by atomic mass is 19.4. The van der Waals surface area contributed by atoms with E-state index in [1.54, 1.807) is 6.21 Å². The molecule has 3 aromatic rings. The molecule has 0 aliphatic heterocycles. The number of hydrazone groups is 1. The molecule has 0 saturated heterocycles. The fraction of sp³-hybridized carbons (Fsp3) is 0.0500. The number of hydrogen-bond acceptors (Lipinski definition) is 4. The number of fused-ring (bicyclic) bond motifs is 1. The van der Waals surface area contributed by atoms with E-state index < -0.39 is 12.1 Å². The van der Waals surface area contributed by atoms with Crippen LogP contribution in [0.3, 0.4) is 0 Å². The molecule has 0 fully saturated rings. The molecule has 7 nitrogen and oxygen atoms in total. The van der Waals surface area contributed by atoms with Crippen molar-refractivity contribution >= 4 is 40.4 Å². The number of nitrogens with one attached hydrogen (secondary N) is 2. The van der Waals surface area contributed by atoms with Crippen LogP contribution in [0.15, 0.2) is 71.8 Å². The van der Waals surface area contributed by atoms with Crippen LogP contribution < -0.4 is 16.5 Å². The maximum atomic E-state index is 12.0. The summed E-state index contributed by atoms with van der Waals surface area (Å²) in [5.41, 5.74) is 2.41. The zero-order valence-electron chi connectivity index (χ0n) is 15.4. The molecule has 2 amide bonds. The Morgan fingerprint density at radius 3 is 2.07 bits per heavy atom. The molecule has 10 heteroatoms. The normalized spacial score (nSPS) is 10.9. The van der Waals surface area contributed by atoms with Crippen molar-refractivity contribution in [2.24, 2.45) is 10.9 Å². The summed E-state index contributed by atoms with van der Waals surface area (Å²) in [6.45, 7) is 0. The van der Waals surface area contributed by atoms with E-state index in [0.717, 1.165) is 27.7 Å². The van der Waals surface area contributed by atoms with Gasteiger partial charge in [0.2, 0.25) is 0 Å². The summed E-state index contributed by atoms with van der Waals surface area (Å²) >= 11 is 0. The molecule has 0 atom stereocenters. The van der Waals surface area contributed by atoms with E-state index >= 15 is 0 Å². The number of anilines is 2. The van der Waals surface area contributed by atoms with Gasteiger partial charge in [-0.05, 0) is 46.7 Å². The first-order valence-electron chi connectivity index (χ1n) is 8.39. The van der Waals surface area contributed by atoms with E-state index in [9.17, 15) is 18.0 Å². The number of hydrogen-bond donors (Lipinski definition) is 4. The Morgan fingerprint density at radius 2 is 1.47 bits per heavy atom. The maximum Gasteiger partial charge on any atom is 0.490 e. The quantitative estimate of drug-likeness (QED) is 0.286. The monoisotopic (exact) mass is 418 g/mol. The Bertz CT molecular complexity index is 1050. The first kappa shape index (κ1) is 22.2. The number of aliphatic carboxylic acids is 1. The molecule has 0 aromatic heterocycles. The average Bonchev–Trinajstić information content (AvgIpc) is 2.69. The molecule has 0 heterocycles. The molecule has 30 heavy (non-hydrogen) atoms. The van der Waals surface area contributed by atoms with Crippen LogP contribution >= 0.6 is 0 Å². The van der Waals surface area contributed by atoms with Crippen molar-refractivity contribution in [3.8, 4) is 0 Å². The van der Waals surface area contributed by atoms with Gasteiger partial charge in [0.25, 0.3) is 0 Å². The molecule has 0 saturated carbocycles. The minimum Gasteiger partial charge on any atom is -0.475 e. The Labute approximate surface area is 169 Å². The third-order valence-corrected chi connectivity index (χ3v) is 3.62. The fourth-order valence-corrected chi connectivity index (χ4v) is 2.32. The van der Waals surface area contributed by atoms with Gasteiger partial charge in [-0.15, -0.1) is 0 Å². The number of carbonyl (C=O) groups excluding carboxylic acids is 1. The minimum atomic E-state index is -5.08. The minimum absolute atomic E-state index is 0.276. The van der Waals surface area contributed by atoms with E-state index in [0.29, 0.717) is 0 Å². The highest BCUT2D eigenvalue weighted by molar-refractivity contribution is 6.01. The molecule has 0 radical (unpaired) electrons. The van der Waals surface area contributed by atoms with Gasteiger partial charge in [-0.3, -0.25) is 0 Å².